The van der Waals surface area contributed by atoms with Gasteiger partial charge in [0.1, 0.15) is 5.69 Å². The number of carbonyl (C=O) groups excluding carboxylic acids is 2. The second-order valence-corrected chi connectivity index (χ2v) is 6.93. The first kappa shape index (κ1) is 17.9. The Morgan fingerprint density at radius 3 is 2.52 bits per heavy atom. The Labute approximate surface area is 149 Å². The van der Waals surface area contributed by atoms with E-state index in [1.807, 2.05) is 28.9 Å². The van der Waals surface area contributed by atoms with Gasteiger partial charge >= 0.3 is 0 Å². The number of hydrogen-bond donors (Lipinski definition) is 0. The molecule has 0 radical (unpaired) electrons. The van der Waals surface area contributed by atoms with Crippen LogP contribution in [-0.4, -0.2) is 66.0 Å². The molecule has 25 heavy (non-hydrogen) atoms. The van der Waals surface area contributed by atoms with Gasteiger partial charge in [-0.3, -0.25) is 9.59 Å². The van der Waals surface area contributed by atoms with Crippen LogP contribution in [0.1, 0.15) is 41.9 Å². The highest BCUT2D eigenvalue weighted by atomic mass is 16.5. The molecule has 0 spiro atoms. The van der Waals surface area contributed by atoms with Crippen LogP contribution in [0.5, 0.6) is 0 Å². The predicted molar refractivity (Wildman–Crippen MR) is 94.2 cm³/mol. The van der Waals surface area contributed by atoms with Crippen LogP contribution in [0.25, 0.3) is 0 Å². The van der Waals surface area contributed by atoms with E-state index < -0.39 is 0 Å². The molecule has 3 rings (SSSR count). The van der Waals surface area contributed by atoms with Gasteiger partial charge in [0.25, 0.3) is 5.91 Å². The molecular formula is C19H27N3O3. The Morgan fingerprint density at radius 1 is 1.12 bits per heavy atom. The summed E-state index contributed by atoms with van der Waals surface area (Å²) in [5.74, 6) is 0.789. The molecule has 1 aromatic heterocycles. The molecule has 0 aromatic carbocycles. The van der Waals surface area contributed by atoms with Gasteiger partial charge < -0.3 is 14.5 Å². The molecule has 2 aliphatic heterocycles. The van der Waals surface area contributed by atoms with Crippen LogP contribution < -0.4 is 0 Å². The fourth-order valence-corrected chi connectivity index (χ4v) is 3.55. The normalized spacial score (nSPS) is 19.1. The molecule has 0 atom stereocenters. The van der Waals surface area contributed by atoms with Crippen molar-refractivity contribution in [2.75, 3.05) is 39.4 Å². The van der Waals surface area contributed by atoms with Crippen LogP contribution in [0.2, 0.25) is 0 Å². The molecule has 0 saturated carbocycles. The summed E-state index contributed by atoms with van der Waals surface area (Å²) in [7, 11) is 0. The zero-order valence-electron chi connectivity index (χ0n) is 14.9. The molecule has 2 saturated heterocycles. The number of ether oxygens (including phenoxy) is 1. The third-order valence-corrected chi connectivity index (χ3v) is 5.14. The van der Waals surface area contributed by atoms with E-state index in [4.69, 9.17) is 4.74 Å². The van der Waals surface area contributed by atoms with Gasteiger partial charge in [-0.1, -0.05) is 6.07 Å². The summed E-state index contributed by atoms with van der Waals surface area (Å²) in [5.41, 5.74) is 1.39. The van der Waals surface area contributed by atoms with Crippen molar-refractivity contribution >= 4 is 11.8 Å². The van der Waals surface area contributed by atoms with Gasteiger partial charge in [0.05, 0.1) is 13.2 Å². The van der Waals surface area contributed by atoms with Crippen molar-refractivity contribution in [1.82, 2.24) is 14.8 Å². The molecule has 2 amide bonds. The summed E-state index contributed by atoms with van der Waals surface area (Å²) in [4.78, 5) is 32.9. The Bertz CT molecular complexity index is 606. The van der Waals surface area contributed by atoms with Crippen LogP contribution in [0.4, 0.5) is 0 Å². The standard InChI is InChI=1S/C19H27N3O3/c1-15-3-2-4-17(20-15)19(24)22-9-7-16(8-10-22)5-6-18(23)21-11-13-25-14-12-21/h2-4,16H,5-14H2,1H3. The fraction of sp³-hybridized carbons (Fsp3) is 0.632. The van der Waals surface area contributed by atoms with Crippen LogP contribution in [-0.2, 0) is 9.53 Å². The van der Waals surface area contributed by atoms with Crippen molar-refractivity contribution < 1.29 is 14.3 Å². The maximum absolute atomic E-state index is 12.5. The van der Waals surface area contributed by atoms with E-state index in [0.717, 1.165) is 51.1 Å². The lowest BCUT2D eigenvalue weighted by Gasteiger charge is -2.32. The summed E-state index contributed by atoms with van der Waals surface area (Å²) in [6, 6.07) is 5.55. The van der Waals surface area contributed by atoms with Crippen molar-refractivity contribution in [2.45, 2.75) is 32.6 Å². The summed E-state index contributed by atoms with van der Waals surface area (Å²) < 4.78 is 5.29. The Morgan fingerprint density at radius 2 is 1.84 bits per heavy atom. The van der Waals surface area contributed by atoms with Crippen molar-refractivity contribution in [3.05, 3.63) is 29.6 Å². The molecule has 0 aliphatic carbocycles. The van der Waals surface area contributed by atoms with E-state index in [9.17, 15) is 9.59 Å². The van der Waals surface area contributed by atoms with Gasteiger partial charge in [-0.05, 0) is 44.2 Å². The van der Waals surface area contributed by atoms with Crippen molar-refractivity contribution in [3.8, 4) is 0 Å². The van der Waals surface area contributed by atoms with Crippen molar-refractivity contribution in [1.29, 1.82) is 0 Å². The zero-order valence-corrected chi connectivity index (χ0v) is 14.9. The molecule has 1 aromatic rings. The van der Waals surface area contributed by atoms with Gasteiger partial charge in [-0.25, -0.2) is 4.98 Å². The summed E-state index contributed by atoms with van der Waals surface area (Å²) in [6.07, 6.45) is 3.46. The van der Waals surface area contributed by atoms with E-state index in [0.29, 0.717) is 31.2 Å². The van der Waals surface area contributed by atoms with Gasteiger partial charge in [0.15, 0.2) is 0 Å². The Hall–Kier alpha value is -1.95. The molecule has 6 heteroatoms. The largest absolute Gasteiger partial charge is 0.378 e. The highest BCUT2D eigenvalue weighted by Gasteiger charge is 2.25. The van der Waals surface area contributed by atoms with E-state index in [2.05, 4.69) is 4.98 Å². The molecule has 3 heterocycles. The minimum Gasteiger partial charge on any atom is -0.378 e. The molecule has 0 N–H and O–H groups in total. The second kappa shape index (κ2) is 8.43. The quantitative estimate of drug-likeness (QED) is 0.836. The average Bonchev–Trinajstić information content (AvgIpc) is 2.66. The smallest absolute Gasteiger partial charge is 0.272 e. The SMILES string of the molecule is Cc1cccc(C(=O)N2CCC(CCC(=O)N3CCOCC3)CC2)n1. The number of likely N-dealkylation sites (tertiary alicyclic amines) is 1. The first-order valence-electron chi connectivity index (χ1n) is 9.22. The molecule has 2 fully saturated rings. The van der Waals surface area contributed by atoms with E-state index >= 15 is 0 Å². The van der Waals surface area contributed by atoms with E-state index in [1.54, 1.807) is 6.07 Å². The summed E-state index contributed by atoms with van der Waals surface area (Å²) in [6.45, 7) is 6.15. The third kappa shape index (κ3) is 4.78. The number of hydrogen-bond acceptors (Lipinski definition) is 4. The number of nitrogens with zero attached hydrogens (tertiary/aromatic N) is 3. The zero-order chi connectivity index (χ0) is 17.6. The van der Waals surface area contributed by atoms with Gasteiger partial charge in [-0.15, -0.1) is 0 Å². The Balaban J connectivity index is 1.42. The van der Waals surface area contributed by atoms with E-state index in [1.165, 1.54) is 0 Å². The minimum absolute atomic E-state index is 0.0199. The number of morpholine rings is 1. The average molecular weight is 345 g/mol. The van der Waals surface area contributed by atoms with Crippen molar-refractivity contribution in [3.63, 3.8) is 0 Å². The van der Waals surface area contributed by atoms with Crippen molar-refractivity contribution in [2.24, 2.45) is 5.92 Å². The number of aryl methyl sites for hydroxylation is 1. The molecule has 6 nitrogen and oxygen atoms in total. The van der Waals surface area contributed by atoms with Gasteiger partial charge in [-0.2, -0.15) is 0 Å². The molecular weight excluding hydrogens is 318 g/mol. The lowest BCUT2D eigenvalue weighted by atomic mass is 9.91. The summed E-state index contributed by atoms with van der Waals surface area (Å²) in [5, 5.41) is 0. The number of piperidine rings is 1. The number of rotatable bonds is 4. The highest BCUT2D eigenvalue weighted by Crippen LogP contribution is 2.23. The highest BCUT2D eigenvalue weighted by molar-refractivity contribution is 5.92. The molecule has 2 aliphatic rings. The number of pyridine rings is 1. The maximum Gasteiger partial charge on any atom is 0.272 e. The summed E-state index contributed by atoms with van der Waals surface area (Å²) >= 11 is 0. The number of amides is 2. The van der Waals surface area contributed by atoms with Crippen LogP contribution in [0, 0.1) is 12.8 Å². The molecule has 0 bridgehead atoms. The van der Waals surface area contributed by atoms with Crippen LogP contribution in [0.3, 0.4) is 0 Å². The first-order valence-corrected chi connectivity index (χ1v) is 9.22. The first-order chi connectivity index (χ1) is 12.1. The topological polar surface area (TPSA) is 62.7 Å². The lowest BCUT2D eigenvalue weighted by molar-refractivity contribution is -0.135. The second-order valence-electron chi connectivity index (χ2n) is 6.93. The van der Waals surface area contributed by atoms with Crippen LogP contribution >= 0.6 is 0 Å². The van der Waals surface area contributed by atoms with Crippen LogP contribution in [0.15, 0.2) is 18.2 Å². The van der Waals surface area contributed by atoms with Gasteiger partial charge in [0.2, 0.25) is 5.91 Å². The Kier molecular flexibility index (Phi) is 6.02. The number of carbonyl (C=O) groups is 2. The minimum atomic E-state index is 0.0199. The number of aromatic nitrogens is 1. The molecule has 0 unspecified atom stereocenters. The third-order valence-electron chi connectivity index (χ3n) is 5.14. The van der Waals surface area contributed by atoms with Gasteiger partial charge in [0, 0.05) is 38.3 Å². The lowest BCUT2D eigenvalue weighted by Crippen LogP contribution is -2.41. The fourth-order valence-electron chi connectivity index (χ4n) is 3.55. The molecule has 136 valence electrons. The maximum atomic E-state index is 12.5. The van der Waals surface area contributed by atoms with E-state index in [-0.39, 0.29) is 11.8 Å². The predicted octanol–water partition coefficient (Wildman–Crippen LogP) is 1.88. The monoisotopic (exact) mass is 345 g/mol.